The fourth-order valence-electron chi connectivity index (χ4n) is 4.71. The van der Waals surface area contributed by atoms with Crippen molar-refractivity contribution in [3.05, 3.63) is 96.0 Å². The van der Waals surface area contributed by atoms with E-state index in [9.17, 15) is 18.0 Å². The average molecular weight is 503 g/mol. The lowest BCUT2D eigenvalue weighted by Gasteiger charge is -2.23. The number of hydrogen-bond donors (Lipinski definition) is 0. The second kappa shape index (κ2) is 9.76. The minimum Gasteiger partial charge on any atom is -0.336 e. The van der Waals surface area contributed by atoms with Gasteiger partial charge in [-0.05, 0) is 79.8 Å². The van der Waals surface area contributed by atoms with Crippen molar-refractivity contribution >= 4 is 22.4 Å². The van der Waals surface area contributed by atoms with Crippen LogP contribution in [0.25, 0.3) is 27.9 Å². The summed E-state index contributed by atoms with van der Waals surface area (Å²) in [5, 5.41) is 0.695. The van der Waals surface area contributed by atoms with Crippen LogP contribution in [-0.2, 0) is 12.6 Å². The van der Waals surface area contributed by atoms with Crippen molar-refractivity contribution in [1.29, 1.82) is 0 Å². The van der Waals surface area contributed by atoms with Crippen molar-refractivity contribution in [3.8, 4) is 11.4 Å². The van der Waals surface area contributed by atoms with Crippen LogP contribution in [0.4, 0.5) is 13.2 Å². The number of alkyl halides is 3. The summed E-state index contributed by atoms with van der Waals surface area (Å²) in [5.41, 5.74) is 3.04. The van der Waals surface area contributed by atoms with E-state index in [1.807, 2.05) is 30.0 Å². The van der Waals surface area contributed by atoms with Crippen LogP contribution >= 0.6 is 0 Å². The van der Waals surface area contributed by atoms with Gasteiger partial charge in [-0.2, -0.15) is 13.2 Å². The Labute approximate surface area is 212 Å². The first kappa shape index (κ1) is 24.6. The van der Waals surface area contributed by atoms with E-state index < -0.39 is 11.7 Å². The van der Waals surface area contributed by atoms with Crippen LogP contribution in [0.15, 0.2) is 73.6 Å². The maximum absolute atomic E-state index is 13.7. The molecule has 0 saturated carbocycles. The summed E-state index contributed by atoms with van der Waals surface area (Å²) in [4.78, 5) is 29.0. The highest BCUT2D eigenvalue weighted by Gasteiger charge is 2.30. The highest BCUT2D eigenvalue weighted by atomic mass is 19.4. The van der Waals surface area contributed by atoms with Gasteiger partial charge in [0, 0.05) is 35.9 Å². The van der Waals surface area contributed by atoms with Gasteiger partial charge in [0.25, 0.3) is 5.91 Å². The fraction of sp³-hybridized carbons (Fsp3) is 0.241. The van der Waals surface area contributed by atoms with Crippen molar-refractivity contribution in [1.82, 2.24) is 19.9 Å². The molecule has 1 amide bonds. The second-order valence-corrected chi connectivity index (χ2v) is 9.32. The van der Waals surface area contributed by atoms with E-state index in [0.717, 1.165) is 30.5 Å². The number of carbonyl (C=O) groups is 1. The number of aromatic nitrogens is 3. The summed E-state index contributed by atoms with van der Waals surface area (Å²) in [6, 6.07) is 14.2. The molecule has 37 heavy (non-hydrogen) atoms. The molecule has 0 spiro atoms. The number of fused-ring (bicyclic) bond motifs is 1. The molecule has 0 N–H and O–H groups in total. The van der Waals surface area contributed by atoms with Gasteiger partial charge in [0.2, 0.25) is 0 Å². The maximum atomic E-state index is 13.7. The van der Waals surface area contributed by atoms with E-state index in [4.69, 9.17) is 4.98 Å². The zero-order chi connectivity index (χ0) is 26.2. The molecule has 5 nitrogen and oxygen atoms in total. The number of amides is 1. The minimum absolute atomic E-state index is 0.0767. The quantitative estimate of drug-likeness (QED) is 0.309. The van der Waals surface area contributed by atoms with E-state index in [0.29, 0.717) is 52.1 Å². The lowest BCUT2D eigenvalue weighted by atomic mass is 9.98. The summed E-state index contributed by atoms with van der Waals surface area (Å²) < 4.78 is 38.8. The Morgan fingerprint density at radius 3 is 2.46 bits per heavy atom. The third-order valence-corrected chi connectivity index (χ3v) is 6.74. The summed E-state index contributed by atoms with van der Waals surface area (Å²) in [5.74, 6) is 0.472. The van der Waals surface area contributed by atoms with Crippen LogP contribution < -0.4 is 0 Å². The summed E-state index contributed by atoms with van der Waals surface area (Å²) in [7, 11) is 0. The monoisotopic (exact) mass is 502 g/mol. The molecular weight excluding hydrogens is 477 g/mol. The summed E-state index contributed by atoms with van der Waals surface area (Å²) in [6.45, 7) is 6.88. The minimum atomic E-state index is -4.39. The summed E-state index contributed by atoms with van der Waals surface area (Å²) >= 11 is 0. The Hall–Kier alpha value is -4.07. The second-order valence-electron chi connectivity index (χ2n) is 9.32. The number of pyridine rings is 1. The van der Waals surface area contributed by atoms with Crippen LogP contribution in [0.5, 0.6) is 0 Å². The molecule has 0 aliphatic carbocycles. The van der Waals surface area contributed by atoms with Crippen LogP contribution in [0.3, 0.4) is 0 Å². The summed E-state index contributed by atoms with van der Waals surface area (Å²) in [6.07, 6.45) is 1.15. The van der Waals surface area contributed by atoms with Crippen molar-refractivity contribution in [2.75, 3.05) is 6.54 Å². The Morgan fingerprint density at radius 1 is 1.08 bits per heavy atom. The van der Waals surface area contributed by atoms with Crippen LogP contribution in [0.1, 0.15) is 46.9 Å². The molecule has 1 aliphatic rings. The van der Waals surface area contributed by atoms with Gasteiger partial charge in [0.15, 0.2) is 5.82 Å². The number of carbonyl (C=O) groups excluding carboxylic acids is 1. The molecular formula is C29H25F3N4O. The number of nitrogens with zero attached hydrogens (tertiary/aromatic N) is 4. The van der Waals surface area contributed by atoms with E-state index in [-0.39, 0.29) is 11.9 Å². The molecule has 1 fully saturated rings. The average Bonchev–Trinajstić information content (AvgIpc) is 3.33. The Kier molecular flexibility index (Phi) is 6.50. The highest BCUT2D eigenvalue weighted by molar-refractivity contribution is 6.07. The van der Waals surface area contributed by atoms with Gasteiger partial charge in [-0.1, -0.05) is 18.7 Å². The van der Waals surface area contributed by atoms with Crippen LogP contribution in [-0.4, -0.2) is 38.3 Å². The van der Waals surface area contributed by atoms with E-state index in [1.165, 1.54) is 12.1 Å². The lowest BCUT2D eigenvalue weighted by Crippen LogP contribution is -2.33. The first-order valence-corrected chi connectivity index (χ1v) is 12.1. The molecule has 4 aromatic rings. The Bertz CT molecular complexity index is 1470. The third-order valence-electron chi connectivity index (χ3n) is 6.74. The van der Waals surface area contributed by atoms with Gasteiger partial charge in [0.05, 0.1) is 22.3 Å². The molecule has 1 saturated heterocycles. The molecule has 3 heterocycles. The predicted octanol–water partition coefficient (Wildman–Crippen LogP) is 6.59. The van der Waals surface area contributed by atoms with Gasteiger partial charge in [0.1, 0.15) is 0 Å². The first-order chi connectivity index (χ1) is 17.7. The van der Waals surface area contributed by atoms with Gasteiger partial charge in [-0.15, -0.1) is 0 Å². The molecule has 5 rings (SSSR count). The van der Waals surface area contributed by atoms with E-state index >= 15 is 0 Å². The van der Waals surface area contributed by atoms with Gasteiger partial charge >= 0.3 is 6.18 Å². The number of likely N-dealkylation sites (tertiary alicyclic amines) is 1. The molecule has 0 radical (unpaired) electrons. The number of allylic oxidation sites excluding steroid dienone is 1. The van der Waals surface area contributed by atoms with Gasteiger partial charge in [-0.3, -0.25) is 4.79 Å². The highest BCUT2D eigenvalue weighted by Crippen LogP contribution is 2.32. The zero-order valence-electron chi connectivity index (χ0n) is 20.3. The Balaban J connectivity index is 1.54. The van der Waals surface area contributed by atoms with Crippen molar-refractivity contribution in [2.45, 2.75) is 38.4 Å². The zero-order valence-corrected chi connectivity index (χ0v) is 20.3. The van der Waals surface area contributed by atoms with E-state index in [2.05, 4.69) is 16.5 Å². The standard InChI is InChI=1S/C29H25F3N4O/c1-18(15-20-6-9-22(10-7-20)29(30,31)32)26-17-24(28(37)36-14-3-5-19(36)2)23-16-21(8-11-25(23)35-26)27-33-12-4-13-34-27/h4,6-13,16-17,19H,1,3,5,14-15H2,2H3/t19-/m1/s1. The van der Waals surface area contributed by atoms with Crippen LogP contribution in [0.2, 0.25) is 0 Å². The molecule has 2 aromatic carbocycles. The predicted molar refractivity (Wildman–Crippen MR) is 137 cm³/mol. The third kappa shape index (κ3) is 5.09. The topological polar surface area (TPSA) is 59.0 Å². The van der Waals surface area contributed by atoms with Crippen LogP contribution in [0, 0.1) is 0 Å². The smallest absolute Gasteiger partial charge is 0.336 e. The number of hydrogen-bond acceptors (Lipinski definition) is 4. The number of rotatable bonds is 5. The molecule has 0 unspecified atom stereocenters. The maximum Gasteiger partial charge on any atom is 0.416 e. The largest absolute Gasteiger partial charge is 0.416 e. The first-order valence-electron chi connectivity index (χ1n) is 12.1. The molecule has 2 aromatic heterocycles. The fourth-order valence-corrected chi connectivity index (χ4v) is 4.71. The number of benzene rings is 2. The Morgan fingerprint density at radius 2 is 1.81 bits per heavy atom. The number of halogens is 3. The van der Waals surface area contributed by atoms with E-state index in [1.54, 1.807) is 24.5 Å². The van der Waals surface area contributed by atoms with Crippen molar-refractivity contribution in [2.24, 2.45) is 0 Å². The molecule has 1 atom stereocenters. The van der Waals surface area contributed by atoms with Gasteiger partial charge < -0.3 is 4.90 Å². The van der Waals surface area contributed by atoms with Crippen molar-refractivity contribution in [3.63, 3.8) is 0 Å². The van der Waals surface area contributed by atoms with Gasteiger partial charge in [-0.25, -0.2) is 15.0 Å². The molecule has 188 valence electrons. The molecule has 1 aliphatic heterocycles. The van der Waals surface area contributed by atoms with Crippen molar-refractivity contribution < 1.29 is 18.0 Å². The molecule has 0 bridgehead atoms. The SMILES string of the molecule is C=C(Cc1ccc(C(F)(F)F)cc1)c1cc(C(=O)N2CCC[C@H]2C)c2cc(-c3ncccn3)ccc2n1. The lowest BCUT2D eigenvalue weighted by molar-refractivity contribution is -0.137. The molecule has 8 heteroatoms. The normalized spacial score (nSPS) is 15.8.